The first kappa shape index (κ1) is 21.4. The van der Waals surface area contributed by atoms with Crippen molar-refractivity contribution in [2.75, 3.05) is 5.32 Å². The molecule has 0 aliphatic rings. The molecule has 0 saturated carbocycles. The van der Waals surface area contributed by atoms with Crippen LogP contribution in [0.1, 0.15) is 35.6 Å². The zero-order valence-electron chi connectivity index (χ0n) is 16.8. The molecule has 0 bridgehead atoms. The number of aryl methyl sites for hydroxylation is 2. The highest BCUT2D eigenvalue weighted by atomic mass is 35.5. The maximum atomic E-state index is 13.3. The molecular formula is C19H20ClFN6O3. The van der Waals surface area contributed by atoms with Crippen molar-refractivity contribution in [3.05, 3.63) is 68.0 Å². The van der Waals surface area contributed by atoms with Gasteiger partial charge >= 0.3 is 5.69 Å². The van der Waals surface area contributed by atoms with Gasteiger partial charge in [-0.05, 0) is 45.4 Å². The molecule has 30 heavy (non-hydrogen) atoms. The Hall–Kier alpha value is -3.27. The predicted octanol–water partition coefficient (Wildman–Crippen LogP) is 3.95. The zero-order valence-corrected chi connectivity index (χ0v) is 17.6. The van der Waals surface area contributed by atoms with Gasteiger partial charge in [-0.1, -0.05) is 17.7 Å². The van der Waals surface area contributed by atoms with Gasteiger partial charge in [-0.15, -0.1) is 0 Å². The quantitative estimate of drug-likeness (QED) is 0.466. The third-order valence-electron chi connectivity index (χ3n) is 4.83. The SMILES string of the molecule is Cc1nn(C(C)C(=O)Nc2c(C)nn(Cc3ccc(F)cc3Cl)c2C)cc1[N+](=O)[O-]. The molecule has 3 aromatic rings. The average molecular weight is 435 g/mol. The van der Waals surface area contributed by atoms with Crippen LogP contribution in [0.2, 0.25) is 5.02 Å². The summed E-state index contributed by atoms with van der Waals surface area (Å²) in [6, 6.07) is 3.37. The van der Waals surface area contributed by atoms with Crippen LogP contribution in [0.25, 0.3) is 0 Å². The topological polar surface area (TPSA) is 108 Å². The molecule has 0 spiro atoms. The smallest absolute Gasteiger partial charge is 0.309 e. The summed E-state index contributed by atoms with van der Waals surface area (Å²) < 4.78 is 16.2. The lowest BCUT2D eigenvalue weighted by atomic mass is 10.2. The molecule has 3 rings (SSSR count). The lowest BCUT2D eigenvalue weighted by molar-refractivity contribution is -0.385. The largest absolute Gasteiger partial charge is 0.321 e. The van der Waals surface area contributed by atoms with Crippen molar-refractivity contribution in [1.82, 2.24) is 19.6 Å². The monoisotopic (exact) mass is 434 g/mol. The highest BCUT2D eigenvalue weighted by Crippen LogP contribution is 2.25. The molecule has 1 aromatic carbocycles. The van der Waals surface area contributed by atoms with Crippen molar-refractivity contribution in [2.45, 2.75) is 40.3 Å². The Morgan fingerprint density at radius 1 is 1.30 bits per heavy atom. The van der Waals surface area contributed by atoms with E-state index in [2.05, 4.69) is 15.5 Å². The number of anilines is 1. The first-order valence-corrected chi connectivity index (χ1v) is 9.45. The summed E-state index contributed by atoms with van der Waals surface area (Å²) in [6.07, 6.45) is 1.24. The number of amides is 1. The summed E-state index contributed by atoms with van der Waals surface area (Å²) in [5.41, 5.74) is 2.59. The summed E-state index contributed by atoms with van der Waals surface area (Å²) in [4.78, 5) is 23.2. The number of carbonyl (C=O) groups is 1. The minimum atomic E-state index is -0.772. The minimum absolute atomic E-state index is 0.147. The van der Waals surface area contributed by atoms with E-state index in [1.807, 2.05) is 0 Å². The van der Waals surface area contributed by atoms with Gasteiger partial charge < -0.3 is 5.32 Å². The summed E-state index contributed by atoms with van der Waals surface area (Å²) in [5, 5.41) is 22.6. The molecule has 2 aromatic heterocycles. The molecule has 0 fully saturated rings. The average Bonchev–Trinajstić information content (AvgIpc) is 3.18. The fourth-order valence-electron chi connectivity index (χ4n) is 3.04. The van der Waals surface area contributed by atoms with Crippen molar-refractivity contribution < 1.29 is 14.1 Å². The fraction of sp³-hybridized carbons (Fsp3) is 0.316. The van der Waals surface area contributed by atoms with Gasteiger partial charge in [0.05, 0.1) is 28.5 Å². The zero-order chi connectivity index (χ0) is 22.2. The van der Waals surface area contributed by atoms with Crippen molar-refractivity contribution >= 4 is 28.9 Å². The van der Waals surface area contributed by atoms with Crippen LogP contribution >= 0.6 is 11.6 Å². The fourth-order valence-corrected chi connectivity index (χ4v) is 3.27. The van der Waals surface area contributed by atoms with Crippen LogP contribution in [-0.2, 0) is 11.3 Å². The molecule has 1 unspecified atom stereocenters. The summed E-state index contributed by atoms with van der Waals surface area (Å²) in [5.74, 6) is -0.814. The van der Waals surface area contributed by atoms with Gasteiger partial charge in [-0.3, -0.25) is 24.3 Å². The Morgan fingerprint density at radius 2 is 2.00 bits per heavy atom. The molecular weight excluding hydrogens is 415 g/mol. The number of carbonyl (C=O) groups excluding carboxylic acids is 1. The Bertz CT molecular complexity index is 1140. The Labute approximate surface area is 176 Å². The molecule has 0 saturated heterocycles. The van der Waals surface area contributed by atoms with E-state index in [0.717, 1.165) is 0 Å². The van der Waals surface area contributed by atoms with E-state index in [4.69, 9.17) is 11.6 Å². The number of benzene rings is 1. The third-order valence-corrected chi connectivity index (χ3v) is 5.18. The first-order chi connectivity index (χ1) is 14.1. The van der Waals surface area contributed by atoms with Crippen molar-refractivity contribution in [2.24, 2.45) is 0 Å². The summed E-state index contributed by atoms with van der Waals surface area (Å²) >= 11 is 6.10. The lowest BCUT2D eigenvalue weighted by Gasteiger charge is -2.13. The number of nitrogens with one attached hydrogen (secondary N) is 1. The Kier molecular flexibility index (Phi) is 5.88. The van der Waals surface area contributed by atoms with Crippen molar-refractivity contribution in [1.29, 1.82) is 0 Å². The molecule has 1 amide bonds. The number of hydrogen-bond donors (Lipinski definition) is 1. The second kappa shape index (κ2) is 8.23. The van der Waals surface area contributed by atoms with Crippen LogP contribution in [0.3, 0.4) is 0 Å². The number of hydrogen-bond acceptors (Lipinski definition) is 5. The molecule has 0 aliphatic carbocycles. The van der Waals surface area contributed by atoms with E-state index in [1.165, 1.54) is 29.9 Å². The first-order valence-electron chi connectivity index (χ1n) is 9.07. The molecule has 2 heterocycles. The molecule has 11 heteroatoms. The van der Waals surface area contributed by atoms with E-state index >= 15 is 0 Å². The number of nitro groups is 1. The van der Waals surface area contributed by atoms with Crippen LogP contribution in [-0.4, -0.2) is 30.4 Å². The molecule has 158 valence electrons. The standard InChI is InChI=1S/C19H20ClFN6O3/c1-10-17(27(29)30)9-26(23-10)13(4)19(28)22-18-11(2)24-25(12(18)3)8-14-5-6-15(21)7-16(14)20/h5-7,9,13H,8H2,1-4H3,(H,22,28). The predicted molar refractivity (Wildman–Crippen MR) is 109 cm³/mol. The normalized spacial score (nSPS) is 12.1. The number of rotatable bonds is 6. The third kappa shape index (κ3) is 4.18. The van der Waals surface area contributed by atoms with Crippen LogP contribution < -0.4 is 5.32 Å². The van der Waals surface area contributed by atoms with Crippen molar-refractivity contribution in [3.8, 4) is 0 Å². The molecule has 0 radical (unpaired) electrons. The minimum Gasteiger partial charge on any atom is -0.321 e. The van der Waals surface area contributed by atoms with Gasteiger partial charge in [0.2, 0.25) is 5.91 Å². The van der Waals surface area contributed by atoms with Gasteiger partial charge in [0.25, 0.3) is 0 Å². The summed E-state index contributed by atoms with van der Waals surface area (Å²) in [7, 11) is 0. The van der Waals surface area contributed by atoms with Crippen LogP contribution in [0, 0.1) is 36.7 Å². The number of aromatic nitrogens is 4. The Balaban J connectivity index is 1.80. The second-order valence-electron chi connectivity index (χ2n) is 6.94. The highest BCUT2D eigenvalue weighted by molar-refractivity contribution is 6.31. The van der Waals surface area contributed by atoms with Gasteiger partial charge in [-0.25, -0.2) is 4.39 Å². The maximum absolute atomic E-state index is 13.3. The summed E-state index contributed by atoms with van der Waals surface area (Å²) in [6.45, 7) is 6.96. The molecule has 1 atom stereocenters. The van der Waals surface area contributed by atoms with E-state index in [-0.39, 0.29) is 16.4 Å². The van der Waals surface area contributed by atoms with Crippen LogP contribution in [0.4, 0.5) is 15.8 Å². The molecule has 0 aliphatic heterocycles. The van der Waals surface area contributed by atoms with Crippen molar-refractivity contribution in [3.63, 3.8) is 0 Å². The van der Waals surface area contributed by atoms with Crippen LogP contribution in [0.5, 0.6) is 0 Å². The van der Waals surface area contributed by atoms with Gasteiger partial charge in [0, 0.05) is 5.02 Å². The van der Waals surface area contributed by atoms with Crippen LogP contribution in [0.15, 0.2) is 24.4 Å². The second-order valence-corrected chi connectivity index (χ2v) is 7.35. The van der Waals surface area contributed by atoms with E-state index in [9.17, 15) is 19.3 Å². The number of halogens is 2. The molecule has 1 N–H and O–H groups in total. The lowest BCUT2D eigenvalue weighted by Crippen LogP contribution is -2.24. The van der Waals surface area contributed by atoms with Gasteiger partial charge in [0.15, 0.2) is 0 Å². The van der Waals surface area contributed by atoms with Gasteiger partial charge in [-0.2, -0.15) is 10.2 Å². The molecule has 9 nitrogen and oxygen atoms in total. The maximum Gasteiger partial charge on any atom is 0.309 e. The van der Waals surface area contributed by atoms with E-state index in [0.29, 0.717) is 29.2 Å². The number of nitrogens with zero attached hydrogens (tertiary/aromatic N) is 5. The highest BCUT2D eigenvalue weighted by Gasteiger charge is 2.24. The van der Waals surface area contributed by atoms with Gasteiger partial charge in [0.1, 0.15) is 23.7 Å². The van der Waals surface area contributed by atoms with E-state index < -0.39 is 22.7 Å². The van der Waals surface area contributed by atoms with E-state index in [1.54, 1.807) is 31.5 Å². The Morgan fingerprint density at radius 3 is 2.60 bits per heavy atom.